The number of aromatic nitrogens is 1. The third kappa shape index (κ3) is 1.99. The molecule has 0 bridgehead atoms. The number of nitrogen functional groups attached to an aromatic ring is 1. The minimum atomic E-state index is 0.566. The summed E-state index contributed by atoms with van der Waals surface area (Å²) in [7, 11) is 0. The third-order valence-electron chi connectivity index (χ3n) is 3.57. The van der Waals surface area contributed by atoms with Gasteiger partial charge in [-0.05, 0) is 48.1 Å². The van der Waals surface area contributed by atoms with Crippen LogP contribution in [-0.2, 0) is 6.42 Å². The molecule has 1 aliphatic rings. The van der Waals surface area contributed by atoms with Crippen LogP contribution in [0.25, 0.3) is 0 Å². The summed E-state index contributed by atoms with van der Waals surface area (Å²) in [5, 5.41) is 0. The van der Waals surface area contributed by atoms with Crippen LogP contribution in [-0.4, -0.2) is 10.7 Å². The van der Waals surface area contributed by atoms with Gasteiger partial charge in [0.05, 0.1) is 0 Å². The Bertz CT molecular complexity index is 560. The van der Waals surface area contributed by atoms with Crippen molar-refractivity contribution < 1.29 is 0 Å². The van der Waals surface area contributed by atoms with E-state index in [0.717, 1.165) is 12.2 Å². The minimum Gasteiger partial charge on any atom is -0.383 e. The minimum absolute atomic E-state index is 0.566. The number of rotatable bonds is 2. The van der Waals surface area contributed by atoms with E-state index in [1.54, 1.807) is 6.20 Å². The van der Waals surface area contributed by atoms with Crippen LogP contribution in [0.1, 0.15) is 22.6 Å². The molecule has 0 spiro atoms. The van der Waals surface area contributed by atoms with Crippen LogP contribution in [0.4, 0.5) is 5.82 Å². The maximum Gasteiger partial charge on any atom is 0.126 e. The van der Waals surface area contributed by atoms with Gasteiger partial charge >= 0.3 is 0 Å². The average Bonchev–Trinajstić information content (AvgIpc) is 2.77. The monoisotopic (exact) mass is 256 g/mol. The van der Waals surface area contributed by atoms with E-state index in [4.69, 9.17) is 5.73 Å². The summed E-state index contributed by atoms with van der Waals surface area (Å²) in [4.78, 5) is 5.63. The van der Waals surface area contributed by atoms with E-state index in [-0.39, 0.29) is 0 Å². The van der Waals surface area contributed by atoms with E-state index in [1.807, 2.05) is 17.8 Å². The van der Waals surface area contributed by atoms with Gasteiger partial charge in [-0.1, -0.05) is 18.2 Å². The maximum atomic E-state index is 6.00. The number of anilines is 1. The van der Waals surface area contributed by atoms with Crippen LogP contribution >= 0.6 is 11.8 Å². The molecule has 1 aromatic carbocycles. The first kappa shape index (κ1) is 11.6. The number of thioether (sulfide) groups is 1. The molecule has 2 heterocycles. The normalized spacial score (nSPS) is 17.7. The fraction of sp³-hybridized carbons (Fsp3) is 0.267. The Morgan fingerprint density at radius 2 is 2.17 bits per heavy atom. The average molecular weight is 256 g/mol. The summed E-state index contributed by atoms with van der Waals surface area (Å²) < 4.78 is 0. The van der Waals surface area contributed by atoms with E-state index in [0.29, 0.717) is 11.7 Å². The second kappa shape index (κ2) is 4.65. The van der Waals surface area contributed by atoms with Crippen molar-refractivity contribution in [2.45, 2.75) is 24.2 Å². The van der Waals surface area contributed by atoms with Crippen LogP contribution in [0.15, 0.2) is 41.4 Å². The number of fused-ring (bicyclic) bond motifs is 1. The summed E-state index contributed by atoms with van der Waals surface area (Å²) >= 11 is 1.95. The summed E-state index contributed by atoms with van der Waals surface area (Å²) in [5.74, 6) is 2.40. The summed E-state index contributed by atoms with van der Waals surface area (Å²) in [6.45, 7) is 2.11. The fourth-order valence-corrected chi connectivity index (χ4v) is 3.77. The molecule has 1 aliphatic heterocycles. The maximum absolute atomic E-state index is 6.00. The Morgan fingerprint density at radius 1 is 1.33 bits per heavy atom. The summed E-state index contributed by atoms with van der Waals surface area (Å²) in [5.41, 5.74) is 9.92. The van der Waals surface area contributed by atoms with Crippen LogP contribution in [0.3, 0.4) is 0 Å². The van der Waals surface area contributed by atoms with Crippen molar-refractivity contribution in [1.82, 2.24) is 4.98 Å². The van der Waals surface area contributed by atoms with E-state index in [9.17, 15) is 0 Å². The van der Waals surface area contributed by atoms with Crippen molar-refractivity contribution in [3.63, 3.8) is 0 Å². The van der Waals surface area contributed by atoms with E-state index in [1.165, 1.54) is 21.6 Å². The molecule has 2 aromatic rings. The second-order valence-electron chi connectivity index (χ2n) is 4.74. The highest BCUT2D eigenvalue weighted by molar-refractivity contribution is 7.99. The lowest BCUT2D eigenvalue weighted by atomic mass is 9.92. The van der Waals surface area contributed by atoms with Gasteiger partial charge in [0.25, 0.3) is 0 Å². The molecule has 0 saturated carbocycles. The van der Waals surface area contributed by atoms with Gasteiger partial charge in [0.2, 0.25) is 0 Å². The number of nitrogens with zero attached hydrogens (tertiary/aromatic N) is 1. The van der Waals surface area contributed by atoms with Crippen LogP contribution < -0.4 is 5.73 Å². The molecule has 3 heteroatoms. The van der Waals surface area contributed by atoms with Crippen molar-refractivity contribution in [1.29, 1.82) is 0 Å². The van der Waals surface area contributed by atoms with Crippen LogP contribution in [0.5, 0.6) is 0 Å². The van der Waals surface area contributed by atoms with Crippen molar-refractivity contribution in [3.05, 3.63) is 53.2 Å². The van der Waals surface area contributed by atoms with Crippen LogP contribution in [0.2, 0.25) is 0 Å². The molecule has 2 nitrogen and oxygen atoms in total. The first-order chi connectivity index (χ1) is 8.75. The van der Waals surface area contributed by atoms with E-state index < -0.39 is 0 Å². The SMILES string of the molecule is Cc1ccnc(N)c1CC1CSc2ccccc21. The quantitative estimate of drug-likeness (QED) is 0.895. The molecule has 1 atom stereocenters. The number of pyridine rings is 1. The Morgan fingerprint density at radius 3 is 3.00 bits per heavy atom. The number of hydrogen-bond donors (Lipinski definition) is 1. The zero-order valence-corrected chi connectivity index (χ0v) is 11.2. The highest BCUT2D eigenvalue weighted by atomic mass is 32.2. The molecular weight excluding hydrogens is 240 g/mol. The number of aryl methyl sites for hydroxylation is 1. The van der Waals surface area contributed by atoms with Gasteiger partial charge in [-0.2, -0.15) is 0 Å². The first-order valence-electron chi connectivity index (χ1n) is 6.17. The molecule has 0 aliphatic carbocycles. The molecular formula is C15H16N2S. The van der Waals surface area contributed by atoms with Gasteiger partial charge in [-0.3, -0.25) is 0 Å². The largest absolute Gasteiger partial charge is 0.383 e. The smallest absolute Gasteiger partial charge is 0.126 e. The lowest BCUT2D eigenvalue weighted by Crippen LogP contribution is -2.07. The molecule has 0 amide bonds. The lowest BCUT2D eigenvalue weighted by Gasteiger charge is -2.14. The highest BCUT2D eigenvalue weighted by Crippen LogP contribution is 2.41. The predicted molar refractivity (Wildman–Crippen MR) is 77.0 cm³/mol. The van der Waals surface area contributed by atoms with Gasteiger partial charge < -0.3 is 5.73 Å². The number of nitrogens with two attached hydrogens (primary N) is 1. The molecule has 92 valence electrons. The van der Waals surface area contributed by atoms with Gasteiger partial charge in [0.1, 0.15) is 5.82 Å². The van der Waals surface area contributed by atoms with E-state index >= 15 is 0 Å². The molecule has 1 unspecified atom stereocenters. The molecule has 18 heavy (non-hydrogen) atoms. The van der Waals surface area contributed by atoms with Crippen molar-refractivity contribution in [2.24, 2.45) is 0 Å². The van der Waals surface area contributed by atoms with Crippen LogP contribution in [0, 0.1) is 6.92 Å². The first-order valence-corrected chi connectivity index (χ1v) is 7.16. The fourth-order valence-electron chi connectivity index (χ4n) is 2.52. The van der Waals surface area contributed by atoms with Gasteiger partial charge in [0.15, 0.2) is 0 Å². The Hall–Kier alpha value is -1.48. The van der Waals surface area contributed by atoms with Crippen molar-refractivity contribution >= 4 is 17.6 Å². The molecule has 0 radical (unpaired) electrons. The Kier molecular flexibility index (Phi) is 3.00. The van der Waals surface area contributed by atoms with Crippen molar-refractivity contribution in [3.8, 4) is 0 Å². The number of benzene rings is 1. The van der Waals surface area contributed by atoms with Gasteiger partial charge in [-0.25, -0.2) is 4.98 Å². The summed E-state index contributed by atoms with van der Waals surface area (Å²) in [6.07, 6.45) is 2.78. The van der Waals surface area contributed by atoms with Gasteiger partial charge in [-0.15, -0.1) is 11.8 Å². The van der Waals surface area contributed by atoms with E-state index in [2.05, 4.69) is 36.2 Å². The predicted octanol–water partition coefficient (Wildman–Crippen LogP) is 3.40. The molecule has 2 N–H and O–H groups in total. The lowest BCUT2D eigenvalue weighted by molar-refractivity contribution is 0.767. The molecule has 3 rings (SSSR count). The summed E-state index contributed by atoms with van der Waals surface area (Å²) in [6, 6.07) is 10.7. The second-order valence-corrected chi connectivity index (χ2v) is 5.80. The molecule has 0 fully saturated rings. The zero-order valence-electron chi connectivity index (χ0n) is 10.4. The Balaban J connectivity index is 1.91. The number of hydrogen-bond acceptors (Lipinski definition) is 3. The van der Waals surface area contributed by atoms with Gasteiger partial charge in [0, 0.05) is 16.8 Å². The highest BCUT2D eigenvalue weighted by Gasteiger charge is 2.24. The molecule has 0 saturated heterocycles. The standard InChI is InChI=1S/C15H16N2S/c1-10-6-7-17-15(16)13(10)8-11-9-18-14-5-3-2-4-12(11)14/h2-7,11H,8-9H2,1H3,(H2,16,17). The third-order valence-corrected chi connectivity index (χ3v) is 4.82. The molecule has 1 aromatic heterocycles. The Labute approximate surface area is 112 Å². The zero-order chi connectivity index (χ0) is 12.5. The van der Waals surface area contributed by atoms with Crippen molar-refractivity contribution in [2.75, 3.05) is 11.5 Å². The topological polar surface area (TPSA) is 38.9 Å².